The molecule has 0 aliphatic rings. The van der Waals surface area contributed by atoms with E-state index in [1.54, 1.807) is 0 Å². The van der Waals surface area contributed by atoms with Crippen LogP contribution in [0.2, 0.25) is 0 Å². The normalized spacial score (nSPS) is 15.7. The molecule has 0 aromatic carbocycles. The van der Waals surface area contributed by atoms with Crippen molar-refractivity contribution in [3.05, 3.63) is 0 Å². The Morgan fingerprint density at radius 2 is 0.611 bits per heavy atom. The van der Waals surface area contributed by atoms with Gasteiger partial charge in [-0.1, -0.05) is 0 Å². The molecule has 0 aromatic rings. The molecule has 0 amide bonds. The fourth-order valence-corrected chi connectivity index (χ4v) is 168. The molecule has 0 fully saturated rings. The summed E-state index contributed by atoms with van der Waals surface area (Å²) in [5.74, 6) is 0. The SMILES string of the molecule is Cl[SiH](Cl)[Si](Cl)(Cl)[Si](Cl)(Cl)[Si](Cl)(Cl)[Si](Cl)(Cl)[SiH](Cl)Cl. The molecule has 18 heavy (non-hydrogen) atoms. The van der Waals surface area contributed by atoms with E-state index in [9.17, 15) is 0 Å². The van der Waals surface area contributed by atoms with Gasteiger partial charge < -0.3 is 0 Å². The first-order chi connectivity index (χ1) is 7.64. The first kappa shape index (κ1) is 22.8. The predicted molar refractivity (Wildman–Crippen MR) is 108 cm³/mol. The summed E-state index contributed by atoms with van der Waals surface area (Å²) in [6, 6.07) is 0. The second-order valence-corrected chi connectivity index (χ2v) is 80.9. The summed E-state index contributed by atoms with van der Waals surface area (Å²) in [5.41, 5.74) is -14.2. The Hall–Kier alpha value is 4.78. The van der Waals surface area contributed by atoms with Gasteiger partial charge in [0.1, 0.15) is 0 Å². The highest BCUT2D eigenvalue weighted by Crippen LogP contribution is 2.53. The summed E-state index contributed by atoms with van der Waals surface area (Å²) in [6.07, 6.45) is 0. The molecule has 0 aliphatic heterocycles. The molecule has 0 bridgehead atoms. The van der Waals surface area contributed by atoms with E-state index in [1.807, 2.05) is 0 Å². The number of halogens is 12. The Morgan fingerprint density at radius 1 is 0.444 bits per heavy atom. The minimum Gasteiger partial charge on any atom is -0.151 e. The van der Waals surface area contributed by atoms with Gasteiger partial charge in [-0.05, 0) is 0 Å². The minimum atomic E-state index is -3.67. The van der Waals surface area contributed by atoms with Crippen LogP contribution in [0.1, 0.15) is 0 Å². The molecule has 0 nitrogen and oxygen atoms in total. The average Bonchev–Trinajstić information content (AvgIpc) is 2.15. The summed E-state index contributed by atoms with van der Waals surface area (Å²) in [6.45, 7) is -5.19. The van der Waals surface area contributed by atoms with E-state index in [0.717, 1.165) is 0 Å². The molecule has 0 atom stereocenters. The van der Waals surface area contributed by atoms with Gasteiger partial charge >= 0.3 is 0 Å². The van der Waals surface area contributed by atoms with Gasteiger partial charge in [0, 0.05) is 0 Å². The van der Waals surface area contributed by atoms with Crippen molar-refractivity contribution >= 4 is 170 Å². The van der Waals surface area contributed by atoms with Crippen LogP contribution in [-0.2, 0) is 0 Å². The van der Waals surface area contributed by atoms with Crippen LogP contribution in [0.5, 0.6) is 0 Å². The van der Waals surface area contributed by atoms with Crippen molar-refractivity contribution in [2.45, 2.75) is 0 Å². The molecule has 0 rings (SSSR count). The minimum absolute atomic E-state index is 2.60. The van der Waals surface area contributed by atoms with E-state index in [-0.39, 0.29) is 0 Å². The quantitative estimate of drug-likeness (QED) is 0.293. The van der Waals surface area contributed by atoms with Gasteiger partial charge in [0.25, 0.3) is 36.8 Å². The van der Waals surface area contributed by atoms with Gasteiger partial charge in [0.15, 0.2) is 0 Å². The van der Waals surface area contributed by atoms with Crippen LogP contribution in [0.3, 0.4) is 0 Å². The van der Waals surface area contributed by atoms with Crippen molar-refractivity contribution in [2.24, 2.45) is 0 Å². The molecule has 18 heteroatoms. The summed E-state index contributed by atoms with van der Waals surface area (Å²) < 4.78 is 0. The van der Waals surface area contributed by atoms with E-state index in [0.29, 0.717) is 0 Å². The van der Waals surface area contributed by atoms with Crippen molar-refractivity contribution in [1.82, 2.24) is 0 Å². The summed E-state index contributed by atoms with van der Waals surface area (Å²) >= 11 is 73.1. The third kappa shape index (κ3) is 4.24. The van der Waals surface area contributed by atoms with Crippen molar-refractivity contribution in [3.63, 3.8) is 0 Å². The number of hydrogen-bond donors (Lipinski definition) is 0. The third-order valence-electron chi connectivity index (χ3n) is 1.78. The summed E-state index contributed by atoms with van der Waals surface area (Å²) in [7, 11) is 0. The Balaban J connectivity index is 5.74. The monoisotopic (exact) mass is 590 g/mol. The fourth-order valence-electron chi connectivity index (χ4n) is 0.693. The maximum atomic E-state index is 6.28. The van der Waals surface area contributed by atoms with E-state index >= 15 is 0 Å². The zero-order chi connectivity index (χ0) is 15.2. The lowest BCUT2D eigenvalue weighted by Gasteiger charge is -2.40. The van der Waals surface area contributed by atoms with E-state index in [4.69, 9.17) is 133 Å². The molecule has 0 spiro atoms. The Kier molecular flexibility index (Phi) is 9.84. The Morgan fingerprint density at radius 3 is 0.722 bits per heavy atom. The molecule has 0 unspecified atom stereocenters. The largest absolute Gasteiger partial charge is 0.295 e. The number of rotatable bonds is 5. The molecular weight excluding hydrogens is 594 g/mol. The molecule has 110 valence electrons. The first-order valence-corrected chi connectivity index (χ1v) is 33.4. The summed E-state index contributed by atoms with van der Waals surface area (Å²) in [5, 5.41) is 0. The topological polar surface area (TPSA) is 0 Å². The lowest BCUT2D eigenvalue weighted by atomic mass is 26.1. The highest BCUT2D eigenvalue weighted by Gasteiger charge is 2.79. The standard InChI is InChI=1S/Cl12H2Si6/c1-13(2)15(5,6)17(9,10)18(11,12)16(7,8)14(3)4/h13-14H. The maximum absolute atomic E-state index is 6.28. The van der Waals surface area contributed by atoms with Crippen molar-refractivity contribution in [1.29, 1.82) is 0 Å². The zero-order valence-corrected chi connectivity index (χ0v) is 23.1. The molecule has 0 heterocycles. The van der Waals surface area contributed by atoms with Crippen molar-refractivity contribution in [3.8, 4) is 0 Å². The van der Waals surface area contributed by atoms with Crippen LogP contribution < -0.4 is 0 Å². The van der Waals surface area contributed by atoms with Crippen LogP contribution in [0.25, 0.3) is 0 Å². The van der Waals surface area contributed by atoms with Crippen LogP contribution in [-0.4, -0.2) is 36.8 Å². The number of hydrogen-bond acceptors (Lipinski definition) is 0. The molecule has 0 radical (unpaired) electrons. The summed E-state index contributed by atoms with van der Waals surface area (Å²) in [4.78, 5) is 0. The van der Waals surface area contributed by atoms with Gasteiger partial charge in [-0.3, -0.25) is 0 Å². The maximum Gasteiger partial charge on any atom is 0.295 e. The second-order valence-electron chi connectivity index (χ2n) is 3.00. The van der Waals surface area contributed by atoms with E-state index < -0.39 is 36.8 Å². The van der Waals surface area contributed by atoms with Gasteiger partial charge in [-0.25, -0.2) is 0 Å². The van der Waals surface area contributed by atoms with Gasteiger partial charge in [-0.2, -0.15) is 44.3 Å². The third-order valence-corrected chi connectivity index (χ3v) is 144. The van der Waals surface area contributed by atoms with Crippen molar-refractivity contribution in [2.75, 3.05) is 0 Å². The second kappa shape index (κ2) is 7.78. The van der Waals surface area contributed by atoms with Gasteiger partial charge in [0.2, 0.25) is 0 Å². The average molecular weight is 596 g/mol. The zero-order valence-electron chi connectivity index (χ0n) is 7.69. The van der Waals surface area contributed by atoms with Gasteiger partial charge in [-0.15, -0.1) is 88.6 Å². The molecule has 0 N–H and O–H groups in total. The smallest absolute Gasteiger partial charge is 0.151 e. The molecule has 0 saturated heterocycles. The molecule has 0 aliphatic carbocycles. The molecular formula is H2Cl12Si6. The fraction of sp³-hybridized carbons (Fsp3) is 0. The van der Waals surface area contributed by atoms with Crippen LogP contribution in [0.15, 0.2) is 0 Å². The predicted octanol–water partition coefficient (Wildman–Crippen LogP) is 5.45. The van der Waals surface area contributed by atoms with Crippen molar-refractivity contribution < 1.29 is 0 Å². The molecule has 0 saturated carbocycles. The van der Waals surface area contributed by atoms with Crippen LogP contribution in [0.4, 0.5) is 0 Å². The van der Waals surface area contributed by atoms with E-state index in [2.05, 4.69) is 0 Å². The lowest BCUT2D eigenvalue weighted by Crippen LogP contribution is -2.76. The Labute approximate surface area is 167 Å². The first-order valence-electron chi connectivity index (χ1n) is 3.71. The Bertz CT molecular complexity index is 261. The van der Waals surface area contributed by atoms with Gasteiger partial charge in [0.05, 0.1) is 0 Å². The van der Waals surface area contributed by atoms with Crippen LogP contribution in [0, 0.1) is 0 Å². The lowest BCUT2D eigenvalue weighted by molar-refractivity contribution is 3.20. The highest BCUT2D eigenvalue weighted by atomic mass is 35.8. The molecule has 0 aromatic heterocycles. The van der Waals surface area contributed by atoms with E-state index in [1.165, 1.54) is 0 Å². The highest BCUT2D eigenvalue weighted by molar-refractivity contribution is 8.37. The van der Waals surface area contributed by atoms with Crippen LogP contribution >= 0.6 is 133 Å².